The predicted molar refractivity (Wildman–Crippen MR) is 89.5 cm³/mol. The van der Waals surface area contributed by atoms with Crippen molar-refractivity contribution in [2.45, 2.75) is 69.1 Å². The van der Waals surface area contributed by atoms with Crippen molar-refractivity contribution in [3.05, 3.63) is 29.8 Å². The van der Waals surface area contributed by atoms with E-state index in [1.165, 1.54) is 51.4 Å². The molecule has 20 heavy (non-hydrogen) atoms. The van der Waals surface area contributed by atoms with Crippen molar-refractivity contribution < 1.29 is 0 Å². The molecule has 2 fully saturated rings. The molecule has 0 spiro atoms. The van der Waals surface area contributed by atoms with Crippen molar-refractivity contribution >= 4 is 12.6 Å². The molecule has 0 radical (unpaired) electrons. The summed E-state index contributed by atoms with van der Waals surface area (Å²) in [7, 11) is 0. The van der Waals surface area contributed by atoms with Gasteiger partial charge in [-0.3, -0.25) is 0 Å². The molecule has 0 aliphatic heterocycles. The first-order valence-electron chi connectivity index (χ1n) is 8.51. The molecule has 0 N–H and O–H groups in total. The second kappa shape index (κ2) is 6.56. The molecule has 3 rings (SSSR count). The Balaban J connectivity index is 1.53. The van der Waals surface area contributed by atoms with Gasteiger partial charge in [0, 0.05) is 4.90 Å². The molecule has 0 aromatic heterocycles. The summed E-state index contributed by atoms with van der Waals surface area (Å²) in [6, 6.07) is 8.87. The van der Waals surface area contributed by atoms with Gasteiger partial charge in [0.1, 0.15) is 0 Å². The van der Waals surface area contributed by atoms with Crippen LogP contribution in [0.4, 0.5) is 0 Å². The Morgan fingerprint density at radius 3 is 1.80 bits per heavy atom. The Bertz CT molecular complexity index is 406. The maximum absolute atomic E-state index is 4.39. The van der Waals surface area contributed by atoms with E-state index < -0.39 is 0 Å². The normalized spacial score (nSPS) is 34.9. The number of rotatable bonds is 2. The Morgan fingerprint density at radius 1 is 0.750 bits per heavy atom. The molecule has 0 amide bonds. The average molecular weight is 289 g/mol. The van der Waals surface area contributed by atoms with E-state index in [9.17, 15) is 0 Å². The fraction of sp³-hybridized carbons (Fsp3) is 0.684. The average Bonchev–Trinajstić information content (AvgIpc) is 2.49. The molecule has 2 aliphatic carbocycles. The fourth-order valence-corrected chi connectivity index (χ4v) is 4.58. The van der Waals surface area contributed by atoms with Crippen molar-refractivity contribution in [3.63, 3.8) is 0 Å². The maximum atomic E-state index is 4.39. The van der Waals surface area contributed by atoms with Gasteiger partial charge in [0.25, 0.3) is 0 Å². The summed E-state index contributed by atoms with van der Waals surface area (Å²) in [6.45, 7) is 2.43. The van der Waals surface area contributed by atoms with E-state index in [0.29, 0.717) is 0 Å². The van der Waals surface area contributed by atoms with Gasteiger partial charge in [-0.25, -0.2) is 0 Å². The van der Waals surface area contributed by atoms with Crippen LogP contribution in [0.2, 0.25) is 0 Å². The number of benzene rings is 1. The highest BCUT2D eigenvalue weighted by Crippen LogP contribution is 2.43. The van der Waals surface area contributed by atoms with Gasteiger partial charge in [0.05, 0.1) is 0 Å². The molecule has 0 bridgehead atoms. The molecule has 2 aliphatic rings. The second-order valence-electron chi connectivity index (χ2n) is 7.22. The summed E-state index contributed by atoms with van der Waals surface area (Å²) in [6.07, 6.45) is 11.7. The van der Waals surface area contributed by atoms with E-state index in [-0.39, 0.29) is 0 Å². The van der Waals surface area contributed by atoms with Crippen LogP contribution in [0.15, 0.2) is 29.2 Å². The predicted octanol–water partition coefficient (Wildman–Crippen LogP) is 6.08. The van der Waals surface area contributed by atoms with Crippen LogP contribution in [0.25, 0.3) is 0 Å². The Kier molecular flexibility index (Phi) is 4.75. The molecular formula is C19H28S. The minimum absolute atomic E-state index is 0.808. The van der Waals surface area contributed by atoms with Crippen LogP contribution < -0.4 is 0 Å². The third-order valence-electron chi connectivity index (χ3n) is 5.86. The van der Waals surface area contributed by atoms with Crippen molar-refractivity contribution in [2.24, 2.45) is 17.8 Å². The van der Waals surface area contributed by atoms with E-state index in [2.05, 4.69) is 43.8 Å². The molecule has 0 nitrogen and oxygen atoms in total. The first kappa shape index (κ1) is 14.5. The summed E-state index contributed by atoms with van der Waals surface area (Å²) in [5.41, 5.74) is 1.54. The maximum Gasteiger partial charge on any atom is 0.00401 e. The van der Waals surface area contributed by atoms with Gasteiger partial charge in [-0.15, -0.1) is 12.6 Å². The van der Waals surface area contributed by atoms with Crippen LogP contribution in [0.3, 0.4) is 0 Å². The minimum atomic E-state index is 0.808. The van der Waals surface area contributed by atoms with E-state index in [1.807, 2.05) is 0 Å². The highest BCUT2D eigenvalue weighted by atomic mass is 32.1. The summed E-state index contributed by atoms with van der Waals surface area (Å²) >= 11 is 4.39. The van der Waals surface area contributed by atoms with Gasteiger partial charge in [0.2, 0.25) is 0 Å². The molecule has 110 valence electrons. The third kappa shape index (κ3) is 3.42. The molecular weight excluding hydrogens is 260 g/mol. The summed E-state index contributed by atoms with van der Waals surface area (Å²) in [5.74, 6) is 3.87. The first-order valence-corrected chi connectivity index (χ1v) is 8.96. The van der Waals surface area contributed by atoms with Crippen LogP contribution in [0.5, 0.6) is 0 Å². The standard InChI is InChI=1S/C19H28S/c1-14-2-4-15(5-3-14)16-6-8-17(9-7-16)18-10-12-19(20)13-11-18/h10-17,20H,2-9H2,1H3. The zero-order valence-electron chi connectivity index (χ0n) is 12.7. The van der Waals surface area contributed by atoms with Crippen molar-refractivity contribution in [2.75, 3.05) is 0 Å². The van der Waals surface area contributed by atoms with Crippen LogP contribution in [0, 0.1) is 17.8 Å². The van der Waals surface area contributed by atoms with Gasteiger partial charge < -0.3 is 0 Å². The SMILES string of the molecule is CC1CCC(C2CCC(c3ccc(S)cc3)CC2)CC1. The molecule has 0 heterocycles. The second-order valence-corrected chi connectivity index (χ2v) is 7.74. The molecule has 1 aromatic rings. The Morgan fingerprint density at radius 2 is 1.25 bits per heavy atom. The number of hydrogen-bond donors (Lipinski definition) is 1. The fourth-order valence-electron chi connectivity index (χ4n) is 4.43. The zero-order chi connectivity index (χ0) is 13.9. The van der Waals surface area contributed by atoms with Crippen molar-refractivity contribution in [3.8, 4) is 0 Å². The van der Waals surface area contributed by atoms with E-state index in [4.69, 9.17) is 0 Å². The topological polar surface area (TPSA) is 0 Å². The quantitative estimate of drug-likeness (QED) is 0.627. The van der Waals surface area contributed by atoms with Gasteiger partial charge >= 0.3 is 0 Å². The number of hydrogen-bond acceptors (Lipinski definition) is 1. The first-order chi connectivity index (χ1) is 9.72. The lowest BCUT2D eigenvalue weighted by atomic mass is 9.68. The highest BCUT2D eigenvalue weighted by molar-refractivity contribution is 7.80. The third-order valence-corrected chi connectivity index (χ3v) is 6.16. The van der Waals surface area contributed by atoms with Crippen LogP contribution in [0.1, 0.15) is 69.8 Å². The molecule has 2 saturated carbocycles. The van der Waals surface area contributed by atoms with Crippen LogP contribution in [-0.4, -0.2) is 0 Å². The lowest BCUT2D eigenvalue weighted by molar-refractivity contribution is 0.165. The number of thiol groups is 1. The van der Waals surface area contributed by atoms with Gasteiger partial charge in [-0.05, 0) is 79.9 Å². The molecule has 1 aromatic carbocycles. The van der Waals surface area contributed by atoms with E-state index in [0.717, 1.165) is 28.6 Å². The summed E-state index contributed by atoms with van der Waals surface area (Å²) in [5, 5.41) is 0. The molecule has 0 saturated heterocycles. The highest BCUT2D eigenvalue weighted by Gasteiger charge is 2.30. The lowest BCUT2D eigenvalue weighted by Gasteiger charge is -2.37. The van der Waals surface area contributed by atoms with Gasteiger partial charge in [0.15, 0.2) is 0 Å². The van der Waals surface area contributed by atoms with E-state index in [1.54, 1.807) is 5.56 Å². The van der Waals surface area contributed by atoms with E-state index >= 15 is 0 Å². The largest absolute Gasteiger partial charge is 0.143 e. The van der Waals surface area contributed by atoms with Crippen LogP contribution >= 0.6 is 12.6 Å². The Hall–Kier alpha value is -0.430. The minimum Gasteiger partial charge on any atom is -0.143 e. The monoisotopic (exact) mass is 288 g/mol. The zero-order valence-corrected chi connectivity index (χ0v) is 13.6. The van der Waals surface area contributed by atoms with Gasteiger partial charge in [-0.2, -0.15) is 0 Å². The molecule has 0 atom stereocenters. The Labute approximate surface area is 129 Å². The summed E-state index contributed by atoms with van der Waals surface area (Å²) in [4.78, 5) is 1.08. The summed E-state index contributed by atoms with van der Waals surface area (Å²) < 4.78 is 0. The lowest BCUT2D eigenvalue weighted by Crippen LogP contribution is -2.24. The molecule has 0 unspecified atom stereocenters. The smallest absolute Gasteiger partial charge is 0.00401 e. The molecule has 1 heteroatoms. The van der Waals surface area contributed by atoms with Crippen molar-refractivity contribution in [1.29, 1.82) is 0 Å². The van der Waals surface area contributed by atoms with Crippen molar-refractivity contribution in [1.82, 2.24) is 0 Å². The van der Waals surface area contributed by atoms with Gasteiger partial charge in [-0.1, -0.05) is 31.9 Å². The van der Waals surface area contributed by atoms with Crippen LogP contribution in [-0.2, 0) is 0 Å².